The van der Waals surface area contributed by atoms with Crippen LogP contribution in [0.15, 0.2) is 59.5 Å². The van der Waals surface area contributed by atoms with Crippen LogP contribution >= 0.6 is 0 Å². The molecule has 2 aromatic carbocycles. The first-order valence-electron chi connectivity index (χ1n) is 20.4. The quantitative estimate of drug-likeness (QED) is 0.196. The zero-order valence-corrected chi connectivity index (χ0v) is 36.3. The summed E-state index contributed by atoms with van der Waals surface area (Å²) in [5, 5.41) is 16.3. The summed E-state index contributed by atoms with van der Waals surface area (Å²) in [5.41, 5.74) is -2.71. The highest BCUT2D eigenvalue weighted by atomic mass is 32.2. The van der Waals surface area contributed by atoms with Crippen molar-refractivity contribution in [3.8, 4) is 0 Å². The Balaban J connectivity index is 1.22. The highest BCUT2D eigenvalue weighted by Crippen LogP contribution is 2.46. The normalized spacial score (nSPS) is 25.7. The highest BCUT2D eigenvalue weighted by molar-refractivity contribution is 7.91. The van der Waals surface area contributed by atoms with E-state index in [1.54, 1.807) is 26.8 Å². The predicted molar refractivity (Wildman–Crippen MR) is 218 cm³/mol. The molecule has 20 nitrogen and oxygen atoms in total. The van der Waals surface area contributed by atoms with Crippen molar-refractivity contribution in [2.75, 3.05) is 19.6 Å². The number of nitro groups is 1. The largest absolute Gasteiger partial charge is 0.444 e. The van der Waals surface area contributed by atoms with E-state index in [9.17, 15) is 55.3 Å². The minimum Gasteiger partial charge on any atom is -0.444 e. The number of alkyl carbamates (subject to hydrolysis) is 1. The minimum absolute atomic E-state index is 0.0355. The fourth-order valence-electron chi connectivity index (χ4n) is 8.07. The number of nitrogens with zero attached hydrogens (tertiary/aromatic N) is 4. The van der Waals surface area contributed by atoms with Crippen molar-refractivity contribution in [3.05, 3.63) is 81.7 Å². The molecule has 1 unspecified atom stereocenters. The molecule has 2 aromatic rings. The highest BCUT2D eigenvalue weighted by Gasteiger charge is 2.62. The lowest BCUT2D eigenvalue weighted by Gasteiger charge is -2.30. The van der Waals surface area contributed by atoms with Crippen molar-refractivity contribution in [2.45, 2.75) is 112 Å². The second-order valence-electron chi connectivity index (χ2n) is 17.3. The summed E-state index contributed by atoms with van der Waals surface area (Å²) in [4.78, 5) is 82.5. The standard InChI is InChI=1S/C40H48FN7O13S2/c1-39(2,3)61-37(52)42-30-12-8-18-46(63(58,59)33-14-5-4-13-31(33)48(54)55)17-7-10-25-20-40(25,36(51)44-62(56,57)27-15-16-27)43-34(49)32-19-26(22-47(32)35(30)50)60-38(53)45-21-24-9-6-11-29(41)28(24)23-45/h4-7,9-11,13-14,25-27,30,32H,8,12,15-23H2,1-3H3,(H,42,52)(H,43,49)(H,44,51)/t25-,26?,30+,32+,40-/m1/s1. The molecule has 340 valence electrons. The second kappa shape index (κ2) is 17.1. The van der Waals surface area contributed by atoms with Crippen LogP contribution in [0.1, 0.15) is 70.4 Å². The number of nitrogens with one attached hydrogen (secondary N) is 3. The third-order valence-corrected chi connectivity index (χ3v) is 15.2. The van der Waals surface area contributed by atoms with E-state index < -0.39 is 118 Å². The first-order chi connectivity index (χ1) is 29.6. The molecule has 2 aliphatic carbocycles. The Morgan fingerprint density at radius 2 is 1.75 bits per heavy atom. The Morgan fingerprint density at radius 3 is 2.43 bits per heavy atom. The number of carbonyl (C=O) groups excluding carboxylic acids is 5. The topological polar surface area (TPSA) is 261 Å². The number of halogens is 1. The molecule has 3 aliphatic heterocycles. The van der Waals surface area contributed by atoms with Gasteiger partial charge in [0.2, 0.25) is 31.9 Å². The van der Waals surface area contributed by atoms with Gasteiger partial charge in [0.15, 0.2) is 4.90 Å². The van der Waals surface area contributed by atoms with E-state index in [-0.39, 0.29) is 51.9 Å². The van der Waals surface area contributed by atoms with E-state index in [0.29, 0.717) is 24.0 Å². The summed E-state index contributed by atoms with van der Waals surface area (Å²) < 4.78 is 83.0. The van der Waals surface area contributed by atoms with Gasteiger partial charge in [0.1, 0.15) is 35.1 Å². The molecule has 5 aliphatic rings. The number of rotatable bonds is 8. The molecule has 7 rings (SSSR count). The van der Waals surface area contributed by atoms with E-state index in [1.807, 2.05) is 0 Å². The number of carbonyl (C=O) groups is 5. The van der Waals surface area contributed by atoms with E-state index in [1.165, 1.54) is 41.3 Å². The van der Waals surface area contributed by atoms with Gasteiger partial charge in [0.25, 0.3) is 11.6 Å². The molecule has 0 radical (unpaired) electrons. The molecule has 2 saturated carbocycles. The molecule has 0 bridgehead atoms. The summed E-state index contributed by atoms with van der Waals surface area (Å²) in [7, 11) is -8.76. The van der Waals surface area contributed by atoms with Crippen LogP contribution in [0.2, 0.25) is 0 Å². The number of sulfonamides is 2. The van der Waals surface area contributed by atoms with Gasteiger partial charge in [0.05, 0.1) is 23.3 Å². The molecule has 23 heteroatoms. The molecule has 5 atom stereocenters. The van der Waals surface area contributed by atoms with Crippen molar-refractivity contribution < 1.29 is 59.6 Å². The van der Waals surface area contributed by atoms with Gasteiger partial charge in [-0.3, -0.25) is 34.1 Å². The van der Waals surface area contributed by atoms with Crippen LogP contribution < -0.4 is 15.4 Å². The number of ether oxygens (including phenoxy) is 2. The zero-order chi connectivity index (χ0) is 45.6. The van der Waals surface area contributed by atoms with Crippen LogP contribution in [0.4, 0.5) is 19.7 Å². The SMILES string of the molecule is CC(C)(C)OC(=O)N[C@H]1CCCN(S(=O)(=O)c2ccccc2[N+](=O)[O-])CC=C[C@@H]2C[C@@]2(C(=O)NS(=O)(=O)C2CC2)NC(=O)[C@@H]2CC(OC(=O)N3Cc4cccc(F)c4C3)CN2C1=O. The van der Waals surface area contributed by atoms with Crippen LogP contribution in [-0.2, 0) is 57.0 Å². The third-order valence-electron chi connectivity index (χ3n) is 11.5. The average molecular weight is 918 g/mol. The lowest BCUT2D eigenvalue weighted by Crippen LogP contribution is -2.58. The van der Waals surface area contributed by atoms with E-state index >= 15 is 0 Å². The third kappa shape index (κ3) is 9.78. The number of fused-ring (bicyclic) bond motifs is 3. The van der Waals surface area contributed by atoms with Crippen LogP contribution in [0.25, 0.3) is 0 Å². The van der Waals surface area contributed by atoms with Crippen molar-refractivity contribution >= 4 is 55.6 Å². The molecule has 3 heterocycles. The number of benzene rings is 2. The van der Waals surface area contributed by atoms with Crippen LogP contribution in [-0.4, -0.2) is 120 Å². The molecular weight excluding hydrogens is 870 g/mol. The van der Waals surface area contributed by atoms with Crippen molar-refractivity contribution in [1.29, 1.82) is 0 Å². The molecule has 63 heavy (non-hydrogen) atoms. The minimum atomic E-state index is -4.63. The van der Waals surface area contributed by atoms with E-state index in [4.69, 9.17) is 9.47 Å². The fraction of sp³-hybridized carbons (Fsp3) is 0.525. The summed E-state index contributed by atoms with van der Waals surface area (Å²) in [6.07, 6.45) is -0.335. The first kappa shape index (κ1) is 45.3. The molecular formula is C40H48FN7O13S2. The Bertz CT molecular complexity index is 2480. The van der Waals surface area contributed by atoms with Crippen LogP contribution in [0.5, 0.6) is 0 Å². The number of para-hydroxylation sites is 1. The summed E-state index contributed by atoms with van der Waals surface area (Å²) in [5.74, 6) is -4.21. The van der Waals surface area contributed by atoms with Crippen molar-refractivity contribution in [2.24, 2.45) is 5.92 Å². The maximum absolute atomic E-state index is 14.7. The van der Waals surface area contributed by atoms with Gasteiger partial charge in [-0.05, 0) is 70.6 Å². The van der Waals surface area contributed by atoms with Gasteiger partial charge < -0.3 is 25.0 Å². The Labute approximate surface area is 362 Å². The monoisotopic (exact) mass is 917 g/mol. The number of amides is 5. The molecule has 1 saturated heterocycles. The van der Waals surface area contributed by atoms with Gasteiger partial charge in [-0.25, -0.2) is 30.8 Å². The molecule has 0 aromatic heterocycles. The maximum Gasteiger partial charge on any atom is 0.410 e. The number of hydrogen-bond acceptors (Lipinski definition) is 13. The van der Waals surface area contributed by atoms with Gasteiger partial charge in [0, 0.05) is 43.6 Å². The lowest BCUT2D eigenvalue weighted by molar-refractivity contribution is -0.387. The Hall–Kier alpha value is -5.68. The average Bonchev–Trinajstić information content (AvgIpc) is 4.09. The smallest absolute Gasteiger partial charge is 0.410 e. The van der Waals surface area contributed by atoms with E-state index in [2.05, 4.69) is 15.4 Å². The van der Waals surface area contributed by atoms with Crippen LogP contribution in [0.3, 0.4) is 0 Å². The molecule has 5 amide bonds. The van der Waals surface area contributed by atoms with Gasteiger partial charge in [-0.2, -0.15) is 4.31 Å². The van der Waals surface area contributed by atoms with Gasteiger partial charge in [-0.1, -0.05) is 36.4 Å². The van der Waals surface area contributed by atoms with Crippen LogP contribution in [0, 0.1) is 21.8 Å². The Morgan fingerprint density at radius 1 is 1.02 bits per heavy atom. The Kier molecular flexibility index (Phi) is 12.3. The van der Waals surface area contributed by atoms with Crippen molar-refractivity contribution in [1.82, 2.24) is 29.5 Å². The summed E-state index contributed by atoms with van der Waals surface area (Å²) >= 11 is 0. The summed E-state index contributed by atoms with van der Waals surface area (Å²) in [6, 6.07) is 6.26. The van der Waals surface area contributed by atoms with Gasteiger partial charge >= 0.3 is 12.2 Å². The van der Waals surface area contributed by atoms with E-state index in [0.717, 1.165) is 21.3 Å². The number of hydrogen-bond donors (Lipinski definition) is 3. The molecule has 3 N–H and O–H groups in total. The van der Waals surface area contributed by atoms with Crippen molar-refractivity contribution in [3.63, 3.8) is 0 Å². The second-order valence-corrected chi connectivity index (χ2v) is 21.2. The maximum atomic E-state index is 14.7. The van der Waals surface area contributed by atoms with Gasteiger partial charge in [-0.15, -0.1) is 0 Å². The number of nitro benzene ring substituents is 1. The summed E-state index contributed by atoms with van der Waals surface area (Å²) in [6.45, 7) is 3.58. The zero-order valence-electron chi connectivity index (χ0n) is 34.7. The molecule has 3 fully saturated rings. The predicted octanol–water partition coefficient (Wildman–Crippen LogP) is 2.57. The first-order valence-corrected chi connectivity index (χ1v) is 23.4. The fourth-order valence-corrected chi connectivity index (χ4v) is 11.0. The lowest BCUT2D eigenvalue weighted by atomic mass is 10.1. The molecule has 0 spiro atoms.